The minimum atomic E-state index is -0.993. The second-order valence-electron chi connectivity index (χ2n) is 4.74. The molecule has 2 rings (SSSR count). The Morgan fingerprint density at radius 3 is 2.94 bits per heavy atom. The predicted octanol–water partition coefficient (Wildman–Crippen LogP) is 2.37. The molecule has 0 aliphatic carbocycles. The Hall–Kier alpha value is -1.42. The Labute approximate surface area is 99.9 Å². The molecule has 1 aliphatic rings. The largest absolute Gasteiger partial charge is 0.478 e. The van der Waals surface area contributed by atoms with Crippen molar-refractivity contribution < 1.29 is 14.3 Å². The summed E-state index contributed by atoms with van der Waals surface area (Å²) in [6.45, 7) is 4.60. The van der Waals surface area contributed by atoms with Gasteiger partial charge in [-0.25, -0.2) is 9.18 Å². The number of carboxylic acids is 1. The lowest BCUT2D eigenvalue weighted by molar-refractivity contribution is 0.0694. The quantitative estimate of drug-likeness (QED) is 0.877. The maximum Gasteiger partial charge on any atom is 0.336 e. The molecule has 0 radical (unpaired) electrons. The molecule has 92 valence electrons. The standard InChI is InChI=1S/C13H16FNO2/c1-9-4-5-15(7-9)8-10-6-11(14)2-3-12(10)13(16)17/h2-3,6,9H,4-5,7-8H2,1H3,(H,16,17). The molecule has 1 heterocycles. The minimum absolute atomic E-state index is 0.200. The Bertz CT molecular complexity index is 433. The zero-order chi connectivity index (χ0) is 12.4. The van der Waals surface area contributed by atoms with Gasteiger partial charge in [-0.3, -0.25) is 4.90 Å². The number of carbonyl (C=O) groups is 1. The van der Waals surface area contributed by atoms with Crippen LogP contribution >= 0.6 is 0 Å². The van der Waals surface area contributed by atoms with Gasteiger partial charge < -0.3 is 5.11 Å². The second-order valence-corrected chi connectivity index (χ2v) is 4.74. The van der Waals surface area contributed by atoms with Crippen molar-refractivity contribution in [2.24, 2.45) is 5.92 Å². The lowest BCUT2D eigenvalue weighted by Gasteiger charge is -2.16. The van der Waals surface area contributed by atoms with Gasteiger partial charge >= 0.3 is 5.97 Å². The van der Waals surface area contributed by atoms with Gasteiger partial charge in [0.25, 0.3) is 0 Å². The summed E-state index contributed by atoms with van der Waals surface area (Å²) >= 11 is 0. The number of hydrogen-bond donors (Lipinski definition) is 1. The van der Waals surface area contributed by atoms with Crippen LogP contribution in [0.1, 0.15) is 29.3 Å². The zero-order valence-electron chi connectivity index (χ0n) is 9.82. The third kappa shape index (κ3) is 2.82. The van der Waals surface area contributed by atoms with Crippen LogP contribution in [0.4, 0.5) is 4.39 Å². The van der Waals surface area contributed by atoms with Crippen molar-refractivity contribution in [2.45, 2.75) is 19.9 Å². The van der Waals surface area contributed by atoms with Gasteiger partial charge in [-0.1, -0.05) is 6.92 Å². The van der Waals surface area contributed by atoms with Gasteiger partial charge in [0.2, 0.25) is 0 Å². The van der Waals surface area contributed by atoms with Crippen molar-refractivity contribution in [1.29, 1.82) is 0 Å². The molecule has 0 spiro atoms. The molecule has 1 fully saturated rings. The fraction of sp³-hybridized carbons (Fsp3) is 0.462. The lowest BCUT2D eigenvalue weighted by atomic mass is 10.1. The average molecular weight is 237 g/mol. The van der Waals surface area contributed by atoms with E-state index in [1.807, 2.05) is 0 Å². The molecule has 0 bridgehead atoms. The summed E-state index contributed by atoms with van der Waals surface area (Å²) in [5.74, 6) is -0.735. The predicted molar refractivity (Wildman–Crippen MR) is 62.4 cm³/mol. The summed E-state index contributed by atoms with van der Waals surface area (Å²) in [7, 11) is 0. The summed E-state index contributed by atoms with van der Waals surface area (Å²) in [5, 5.41) is 9.04. The smallest absolute Gasteiger partial charge is 0.336 e. The summed E-state index contributed by atoms with van der Waals surface area (Å²) < 4.78 is 13.1. The first-order chi connectivity index (χ1) is 8.06. The normalized spacial score (nSPS) is 20.7. The van der Waals surface area contributed by atoms with Gasteiger partial charge in [0.1, 0.15) is 5.82 Å². The highest BCUT2D eigenvalue weighted by Gasteiger charge is 2.20. The van der Waals surface area contributed by atoms with Crippen molar-refractivity contribution in [2.75, 3.05) is 13.1 Å². The van der Waals surface area contributed by atoms with Crippen LogP contribution < -0.4 is 0 Å². The van der Waals surface area contributed by atoms with E-state index < -0.39 is 5.97 Å². The third-order valence-corrected chi connectivity index (χ3v) is 3.20. The first-order valence-electron chi connectivity index (χ1n) is 5.80. The maximum atomic E-state index is 13.1. The Morgan fingerprint density at radius 2 is 2.35 bits per heavy atom. The number of halogens is 1. The Kier molecular flexibility index (Phi) is 3.43. The van der Waals surface area contributed by atoms with Gasteiger partial charge in [0.15, 0.2) is 0 Å². The average Bonchev–Trinajstić information content (AvgIpc) is 2.63. The highest BCUT2D eigenvalue weighted by Crippen LogP contribution is 2.20. The number of aromatic carboxylic acids is 1. The molecular formula is C13H16FNO2. The molecule has 0 saturated carbocycles. The van der Waals surface area contributed by atoms with Crippen LogP contribution in [0.2, 0.25) is 0 Å². The van der Waals surface area contributed by atoms with Gasteiger partial charge in [-0.2, -0.15) is 0 Å². The first kappa shape index (κ1) is 12.0. The number of benzene rings is 1. The molecule has 0 amide bonds. The van der Waals surface area contributed by atoms with E-state index in [1.165, 1.54) is 18.2 Å². The first-order valence-corrected chi connectivity index (χ1v) is 5.80. The van der Waals surface area contributed by atoms with Crippen LogP contribution in [0, 0.1) is 11.7 Å². The molecule has 3 nitrogen and oxygen atoms in total. The van der Waals surface area contributed by atoms with Gasteiger partial charge in [-0.05, 0) is 42.6 Å². The molecule has 1 unspecified atom stereocenters. The summed E-state index contributed by atoms with van der Waals surface area (Å²) in [6, 6.07) is 3.86. The van der Waals surface area contributed by atoms with E-state index in [0.717, 1.165) is 19.5 Å². The highest BCUT2D eigenvalue weighted by molar-refractivity contribution is 5.89. The van der Waals surface area contributed by atoms with Crippen LogP contribution in [-0.4, -0.2) is 29.1 Å². The number of rotatable bonds is 3. The van der Waals surface area contributed by atoms with Crippen LogP contribution in [0.25, 0.3) is 0 Å². The summed E-state index contributed by atoms with van der Waals surface area (Å²) in [4.78, 5) is 13.2. The molecule has 0 aromatic heterocycles. The van der Waals surface area contributed by atoms with Crippen LogP contribution in [0.5, 0.6) is 0 Å². The van der Waals surface area contributed by atoms with Gasteiger partial charge in [0, 0.05) is 13.1 Å². The molecule has 1 aliphatic heterocycles. The second kappa shape index (κ2) is 4.84. The van der Waals surface area contributed by atoms with Crippen molar-refractivity contribution in [3.05, 3.63) is 35.1 Å². The van der Waals surface area contributed by atoms with E-state index in [4.69, 9.17) is 5.11 Å². The number of likely N-dealkylation sites (tertiary alicyclic amines) is 1. The van der Waals surface area contributed by atoms with Crippen molar-refractivity contribution in [3.8, 4) is 0 Å². The summed E-state index contributed by atoms with van der Waals surface area (Å²) in [5.41, 5.74) is 0.762. The Balaban J connectivity index is 2.19. The van der Waals surface area contributed by atoms with Crippen LogP contribution in [0.15, 0.2) is 18.2 Å². The van der Waals surface area contributed by atoms with Crippen LogP contribution in [-0.2, 0) is 6.54 Å². The fourth-order valence-corrected chi connectivity index (χ4v) is 2.31. The maximum absolute atomic E-state index is 13.1. The molecule has 1 aromatic carbocycles. The number of nitrogens with zero attached hydrogens (tertiary/aromatic N) is 1. The monoisotopic (exact) mass is 237 g/mol. The fourth-order valence-electron chi connectivity index (χ4n) is 2.31. The lowest BCUT2D eigenvalue weighted by Crippen LogP contribution is -2.21. The molecular weight excluding hydrogens is 221 g/mol. The van der Waals surface area contributed by atoms with E-state index in [9.17, 15) is 9.18 Å². The summed E-state index contributed by atoms with van der Waals surface area (Å²) in [6.07, 6.45) is 1.12. The van der Waals surface area contributed by atoms with Crippen molar-refractivity contribution in [3.63, 3.8) is 0 Å². The van der Waals surface area contributed by atoms with E-state index >= 15 is 0 Å². The van der Waals surface area contributed by atoms with Gasteiger partial charge in [0.05, 0.1) is 5.56 Å². The highest BCUT2D eigenvalue weighted by atomic mass is 19.1. The SMILES string of the molecule is CC1CCN(Cc2cc(F)ccc2C(=O)O)C1. The molecule has 1 saturated heterocycles. The number of carboxylic acid groups (broad SMARTS) is 1. The topological polar surface area (TPSA) is 40.5 Å². The van der Waals surface area contributed by atoms with E-state index in [1.54, 1.807) is 0 Å². The molecule has 1 atom stereocenters. The molecule has 1 N–H and O–H groups in total. The van der Waals surface area contributed by atoms with E-state index in [-0.39, 0.29) is 11.4 Å². The van der Waals surface area contributed by atoms with Gasteiger partial charge in [-0.15, -0.1) is 0 Å². The number of hydrogen-bond acceptors (Lipinski definition) is 2. The van der Waals surface area contributed by atoms with Crippen molar-refractivity contribution >= 4 is 5.97 Å². The van der Waals surface area contributed by atoms with E-state index in [2.05, 4.69) is 11.8 Å². The third-order valence-electron chi connectivity index (χ3n) is 3.20. The van der Waals surface area contributed by atoms with Crippen LogP contribution in [0.3, 0.4) is 0 Å². The molecule has 17 heavy (non-hydrogen) atoms. The van der Waals surface area contributed by atoms with E-state index in [0.29, 0.717) is 18.0 Å². The molecule has 4 heteroatoms. The zero-order valence-corrected chi connectivity index (χ0v) is 9.82. The molecule has 1 aromatic rings. The van der Waals surface area contributed by atoms with Crippen molar-refractivity contribution in [1.82, 2.24) is 4.90 Å². The minimum Gasteiger partial charge on any atom is -0.478 e. The Morgan fingerprint density at radius 1 is 1.59 bits per heavy atom.